The van der Waals surface area contributed by atoms with Gasteiger partial charge in [-0.15, -0.1) is 33.3 Å². The molecule has 2 aliphatic heterocycles. The zero-order valence-corrected chi connectivity index (χ0v) is 21.0. The normalized spacial score (nSPS) is 20.4. The Morgan fingerprint density at radius 1 is 1.06 bits per heavy atom. The Morgan fingerprint density at radius 3 is 2.88 bits per heavy atom. The van der Waals surface area contributed by atoms with E-state index in [1.54, 1.807) is 11.3 Å². The molecule has 1 N–H and O–H groups in total. The minimum absolute atomic E-state index is 0.0270. The lowest BCUT2D eigenvalue weighted by Gasteiger charge is -2.24. The number of thiophene rings is 1. The van der Waals surface area contributed by atoms with Gasteiger partial charge in [0, 0.05) is 24.4 Å². The third-order valence-corrected chi connectivity index (χ3v) is 9.46. The highest BCUT2D eigenvalue weighted by Gasteiger charge is 2.34. The highest BCUT2D eigenvalue weighted by Crippen LogP contribution is 2.34. The van der Waals surface area contributed by atoms with Crippen molar-refractivity contribution in [2.75, 3.05) is 12.3 Å². The van der Waals surface area contributed by atoms with Crippen molar-refractivity contribution in [3.63, 3.8) is 0 Å². The number of nitrogens with one attached hydrogen (secondary N) is 1. The van der Waals surface area contributed by atoms with Gasteiger partial charge in [-0.2, -0.15) is 0 Å². The Bertz CT molecular complexity index is 1280. The lowest BCUT2D eigenvalue weighted by molar-refractivity contribution is -0.129. The number of amides is 1. The summed E-state index contributed by atoms with van der Waals surface area (Å²) in [6, 6.07) is 0.0270. The monoisotopic (exact) mass is 498 g/mol. The van der Waals surface area contributed by atoms with Gasteiger partial charge in [0.25, 0.3) is 5.56 Å². The predicted octanol–water partition coefficient (Wildman–Crippen LogP) is 3.78. The zero-order chi connectivity index (χ0) is 23.1. The summed E-state index contributed by atoms with van der Waals surface area (Å²) in [5.74, 6) is 3.73. The van der Waals surface area contributed by atoms with E-state index >= 15 is 0 Å². The van der Waals surface area contributed by atoms with Crippen molar-refractivity contribution in [2.24, 2.45) is 0 Å². The highest BCUT2D eigenvalue weighted by atomic mass is 32.2. The van der Waals surface area contributed by atoms with Gasteiger partial charge in [-0.1, -0.05) is 6.42 Å². The van der Waals surface area contributed by atoms with E-state index < -0.39 is 0 Å². The molecule has 3 aromatic heterocycles. The smallest absolute Gasteiger partial charge is 0.259 e. The average Bonchev–Trinajstić information content (AvgIpc) is 3.52. The molecule has 0 spiro atoms. The second-order valence-electron chi connectivity index (χ2n) is 9.58. The summed E-state index contributed by atoms with van der Waals surface area (Å²) in [4.78, 5) is 37.8. The Kier molecular flexibility index (Phi) is 6.19. The highest BCUT2D eigenvalue weighted by molar-refractivity contribution is 7.99. The number of aromatic nitrogens is 5. The maximum absolute atomic E-state index is 13.1. The molecule has 3 aromatic rings. The van der Waals surface area contributed by atoms with Crippen LogP contribution in [0.2, 0.25) is 0 Å². The molecule has 5 heterocycles. The van der Waals surface area contributed by atoms with Gasteiger partial charge in [0.2, 0.25) is 5.91 Å². The minimum Gasteiger partial charge on any atom is -0.332 e. The van der Waals surface area contributed by atoms with E-state index in [1.165, 1.54) is 35.0 Å². The fraction of sp³-hybridized carbons (Fsp3) is 0.625. The van der Waals surface area contributed by atoms with Crippen LogP contribution in [0.15, 0.2) is 4.79 Å². The van der Waals surface area contributed by atoms with Crippen LogP contribution < -0.4 is 5.56 Å². The van der Waals surface area contributed by atoms with E-state index in [9.17, 15) is 9.59 Å². The van der Waals surface area contributed by atoms with Gasteiger partial charge in [-0.25, -0.2) is 4.98 Å². The third-order valence-electron chi connectivity index (χ3n) is 7.35. The molecule has 180 valence electrons. The van der Waals surface area contributed by atoms with E-state index in [-0.39, 0.29) is 17.5 Å². The molecule has 3 aliphatic rings. The largest absolute Gasteiger partial charge is 0.332 e. The molecule has 1 amide bonds. The minimum atomic E-state index is -0.0292. The fourth-order valence-corrected chi connectivity index (χ4v) is 7.74. The zero-order valence-electron chi connectivity index (χ0n) is 19.3. The fourth-order valence-electron chi connectivity index (χ4n) is 5.68. The first-order valence-electron chi connectivity index (χ1n) is 12.5. The average molecular weight is 499 g/mol. The van der Waals surface area contributed by atoms with E-state index in [0.717, 1.165) is 86.3 Å². The molecule has 1 atom stereocenters. The van der Waals surface area contributed by atoms with Gasteiger partial charge in [-0.05, 0) is 56.9 Å². The molecule has 0 saturated carbocycles. The van der Waals surface area contributed by atoms with E-state index in [0.29, 0.717) is 17.3 Å². The molecular formula is C24H30N6O2S2. The maximum Gasteiger partial charge on any atom is 0.259 e. The van der Waals surface area contributed by atoms with Crippen LogP contribution in [-0.2, 0) is 36.4 Å². The molecule has 6 rings (SSSR count). The Labute approximate surface area is 206 Å². The summed E-state index contributed by atoms with van der Waals surface area (Å²) >= 11 is 3.19. The number of likely N-dealkylation sites (tertiary alicyclic amines) is 1. The molecule has 1 fully saturated rings. The van der Waals surface area contributed by atoms with Crippen molar-refractivity contribution in [1.82, 2.24) is 29.6 Å². The summed E-state index contributed by atoms with van der Waals surface area (Å²) in [5, 5.41) is 9.74. The summed E-state index contributed by atoms with van der Waals surface area (Å²) in [5.41, 5.74) is 1.18. The van der Waals surface area contributed by atoms with Crippen LogP contribution in [0.25, 0.3) is 10.2 Å². The van der Waals surface area contributed by atoms with Crippen molar-refractivity contribution in [3.05, 3.63) is 38.3 Å². The number of thioether (sulfide) groups is 1. The van der Waals surface area contributed by atoms with Crippen molar-refractivity contribution >= 4 is 39.2 Å². The molecule has 0 aromatic carbocycles. The third kappa shape index (κ3) is 4.08. The maximum atomic E-state index is 13.1. The lowest BCUT2D eigenvalue weighted by Crippen LogP contribution is -2.33. The first kappa shape index (κ1) is 22.3. The van der Waals surface area contributed by atoms with Crippen LogP contribution in [0.4, 0.5) is 0 Å². The number of nitrogens with zero attached hydrogens (tertiary/aromatic N) is 5. The van der Waals surface area contributed by atoms with Gasteiger partial charge >= 0.3 is 0 Å². The molecule has 8 nitrogen and oxygen atoms in total. The second-order valence-corrected chi connectivity index (χ2v) is 11.6. The molecule has 1 saturated heterocycles. The number of H-pyrrole nitrogens is 1. The van der Waals surface area contributed by atoms with E-state index in [4.69, 9.17) is 4.98 Å². The Morgan fingerprint density at radius 2 is 1.94 bits per heavy atom. The van der Waals surface area contributed by atoms with E-state index in [1.807, 2.05) is 4.90 Å². The number of aryl methyl sites for hydroxylation is 3. The second kappa shape index (κ2) is 9.45. The van der Waals surface area contributed by atoms with Crippen LogP contribution >= 0.6 is 23.1 Å². The number of carbonyl (C=O) groups excluding carboxylic acids is 1. The quantitative estimate of drug-likeness (QED) is 0.575. The number of rotatable bonds is 5. The van der Waals surface area contributed by atoms with Crippen molar-refractivity contribution in [1.29, 1.82) is 0 Å². The summed E-state index contributed by atoms with van der Waals surface area (Å²) in [6.07, 6.45) is 10.8. The summed E-state index contributed by atoms with van der Waals surface area (Å²) in [6.45, 7) is 1.73. The molecule has 10 heteroatoms. The van der Waals surface area contributed by atoms with Crippen molar-refractivity contribution < 1.29 is 4.79 Å². The summed E-state index contributed by atoms with van der Waals surface area (Å²) < 4.78 is 2.26. The Balaban J connectivity index is 1.12. The number of carbonyl (C=O) groups is 1. The van der Waals surface area contributed by atoms with Gasteiger partial charge in [-0.3, -0.25) is 9.59 Å². The standard InChI is InChI=1S/C24H30N6O2S2/c31-20(29-12-6-8-16(29)22-28-27-19-10-2-1-5-11-30(19)22)14-33-13-18-25-23(32)21-15-7-3-4-9-17(15)34-24(21)26-18/h16H,1-14H2,(H,25,26,32). The van der Waals surface area contributed by atoms with Gasteiger partial charge in [0.05, 0.1) is 22.9 Å². The Hall–Kier alpha value is -2.20. The first-order valence-corrected chi connectivity index (χ1v) is 14.5. The molecular weight excluding hydrogens is 468 g/mol. The number of hydrogen-bond acceptors (Lipinski definition) is 7. The van der Waals surface area contributed by atoms with Gasteiger partial charge < -0.3 is 14.5 Å². The lowest BCUT2D eigenvalue weighted by atomic mass is 9.97. The van der Waals surface area contributed by atoms with Crippen molar-refractivity contribution in [3.8, 4) is 0 Å². The molecule has 0 radical (unpaired) electrons. The SMILES string of the molecule is O=C(CSCc1nc2sc3c(c2c(=O)[nH]1)CCCC3)N1CCCC1c1nnc2n1CCCCC2. The van der Waals surface area contributed by atoms with Crippen LogP contribution in [0.1, 0.15) is 78.9 Å². The van der Waals surface area contributed by atoms with E-state index in [2.05, 4.69) is 19.7 Å². The first-order chi connectivity index (χ1) is 16.7. The molecule has 34 heavy (non-hydrogen) atoms. The predicted molar refractivity (Wildman–Crippen MR) is 134 cm³/mol. The van der Waals surface area contributed by atoms with Crippen LogP contribution in [0.5, 0.6) is 0 Å². The van der Waals surface area contributed by atoms with Crippen LogP contribution in [-0.4, -0.2) is 47.8 Å². The van der Waals surface area contributed by atoms with Gasteiger partial charge in [0.15, 0.2) is 5.82 Å². The molecule has 1 unspecified atom stereocenters. The molecule has 1 aliphatic carbocycles. The van der Waals surface area contributed by atoms with Crippen LogP contribution in [0.3, 0.4) is 0 Å². The van der Waals surface area contributed by atoms with Gasteiger partial charge in [0.1, 0.15) is 16.5 Å². The summed E-state index contributed by atoms with van der Waals surface area (Å²) in [7, 11) is 0. The number of fused-ring (bicyclic) bond motifs is 4. The molecule has 0 bridgehead atoms. The topological polar surface area (TPSA) is 96.8 Å². The number of hydrogen-bond donors (Lipinski definition) is 1. The van der Waals surface area contributed by atoms with Crippen molar-refractivity contribution in [2.45, 2.75) is 82.5 Å². The number of aromatic amines is 1. The van der Waals surface area contributed by atoms with Crippen LogP contribution in [0, 0.1) is 0 Å².